The largest absolute Gasteiger partial charge is 0.483 e. The number of ether oxygens (including phenoxy) is 1. The molecule has 0 atom stereocenters. The van der Waals surface area contributed by atoms with Gasteiger partial charge in [0.25, 0.3) is 5.91 Å². The third-order valence-corrected chi connectivity index (χ3v) is 4.50. The molecule has 3 aromatic rings. The number of nitrogens with zero attached hydrogens (tertiary/aromatic N) is 1. The van der Waals surface area contributed by atoms with Gasteiger partial charge in [-0.25, -0.2) is 5.43 Å². The number of benzene rings is 3. The molecule has 3 rings (SSSR count). The molecule has 3 amide bonds. The van der Waals surface area contributed by atoms with Crippen molar-refractivity contribution in [2.75, 3.05) is 17.2 Å². The highest BCUT2D eigenvalue weighted by Crippen LogP contribution is 2.16. The zero-order valence-electron chi connectivity index (χ0n) is 18.3. The SMILES string of the molecule is Cc1ccc(NC(=O)COc2ccccc2/C=N\NC(=O)C(=O)Nc2ccc(C)cc2)cc1. The third kappa shape index (κ3) is 7.32. The summed E-state index contributed by atoms with van der Waals surface area (Å²) >= 11 is 0. The first-order chi connectivity index (χ1) is 15.9. The molecule has 0 heterocycles. The van der Waals surface area contributed by atoms with E-state index in [0.29, 0.717) is 22.7 Å². The van der Waals surface area contributed by atoms with Crippen molar-refractivity contribution in [1.29, 1.82) is 0 Å². The maximum atomic E-state index is 12.2. The maximum absolute atomic E-state index is 12.2. The lowest BCUT2D eigenvalue weighted by atomic mass is 10.2. The number of nitrogens with one attached hydrogen (secondary N) is 3. The van der Waals surface area contributed by atoms with Crippen LogP contribution < -0.4 is 20.8 Å². The molecule has 0 radical (unpaired) electrons. The lowest BCUT2D eigenvalue weighted by Gasteiger charge is -2.10. The molecule has 0 aliphatic heterocycles. The minimum absolute atomic E-state index is 0.204. The van der Waals surface area contributed by atoms with Gasteiger partial charge in [-0.1, -0.05) is 47.5 Å². The predicted molar refractivity (Wildman–Crippen MR) is 127 cm³/mol. The van der Waals surface area contributed by atoms with Crippen LogP contribution in [0, 0.1) is 13.8 Å². The molecular formula is C25H24N4O4. The Hall–Kier alpha value is -4.46. The second-order valence-corrected chi connectivity index (χ2v) is 7.26. The van der Waals surface area contributed by atoms with Crippen LogP contribution in [0.3, 0.4) is 0 Å². The average Bonchev–Trinajstić information content (AvgIpc) is 2.81. The minimum atomic E-state index is -0.914. The molecule has 0 unspecified atom stereocenters. The van der Waals surface area contributed by atoms with E-state index in [-0.39, 0.29) is 12.5 Å². The molecule has 33 heavy (non-hydrogen) atoms. The summed E-state index contributed by atoms with van der Waals surface area (Å²) in [5, 5.41) is 9.06. The lowest BCUT2D eigenvalue weighted by molar-refractivity contribution is -0.136. The normalized spacial score (nSPS) is 10.5. The van der Waals surface area contributed by atoms with E-state index >= 15 is 0 Å². The lowest BCUT2D eigenvalue weighted by Crippen LogP contribution is -2.32. The van der Waals surface area contributed by atoms with Crippen LogP contribution in [0.25, 0.3) is 0 Å². The zero-order chi connectivity index (χ0) is 23.6. The number of aryl methyl sites for hydroxylation is 2. The highest BCUT2D eigenvalue weighted by molar-refractivity contribution is 6.39. The Kier molecular flexibility index (Phi) is 7.91. The van der Waals surface area contributed by atoms with Crippen LogP contribution in [0.15, 0.2) is 77.9 Å². The number of rotatable bonds is 7. The smallest absolute Gasteiger partial charge is 0.329 e. The van der Waals surface area contributed by atoms with Gasteiger partial charge in [0.05, 0.1) is 6.21 Å². The quantitative estimate of drug-likeness (QED) is 0.295. The molecule has 0 aliphatic rings. The fraction of sp³-hybridized carbons (Fsp3) is 0.120. The average molecular weight is 444 g/mol. The van der Waals surface area contributed by atoms with Gasteiger partial charge in [-0.05, 0) is 50.2 Å². The van der Waals surface area contributed by atoms with Crippen LogP contribution in [-0.4, -0.2) is 30.5 Å². The topological polar surface area (TPSA) is 109 Å². The monoisotopic (exact) mass is 444 g/mol. The molecule has 0 saturated heterocycles. The van der Waals surface area contributed by atoms with Gasteiger partial charge < -0.3 is 15.4 Å². The van der Waals surface area contributed by atoms with Crippen molar-refractivity contribution in [3.05, 3.63) is 89.5 Å². The molecule has 168 valence electrons. The molecule has 8 heteroatoms. The van der Waals surface area contributed by atoms with Crippen molar-refractivity contribution in [3.8, 4) is 5.75 Å². The molecular weight excluding hydrogens is 420 g/mol. The van der Waals surface area contributed by atoms with Gasteiger partial charge in [0.15, 0.2) is 6.61 Å². The molecule has 0 bridgehead atoms. The summed E-state index contributed by atoms with van der Waals surface area (Å²) in [6.07, 6.45) is 1.34. The van der Waals surface area contributed by atoms with E-state index < -0.39 is 11.8 Å². The summed E-state index contributed by atoms with van der Waals surface area (Å²) in [7, 11) is 0. The van der Waals surface area contributed by atoms with Crippen molar-refractivity contribution in [3.63, 3.8) is 0 Å². The van der Waals surface area contributed by atoms with E-state index in [1.807, 2.05) is 50.2 Å². The van der Waals surface area contributed by atoms with Crippen LogP contribution >= 0.6 is 0 Å². The Morgan fingerprint density at radius 3 is 2.00 bits per heavy atom. The molecule has 0 saturated carbocycles. The van der Waals surface area contributed by atoms with Crippen molar-refractivity contribution in [2.24, 2.45) is 5.10 Å². The third-order valence-electron chi connectivity index (χ3n) is 4.50. The summed E-state index contributed by atoms with van der Waals surface area (Å²) in [4.78, 5) is 36.1. The molecule has 8 nitrogen and oxygen atoms in total. The molecule has 0 spiro atoms. The van der Waals surface area contributed by atoms with Crippen LogP contribution in [0.2, 0.25) is 0 Å². The molecule has 0 fully saturated rings. The molecule has 0 aliphatic carbocycles. The number of anilines is 2. The van der Waals surface area contributed by atoms with Gasteiger partial charge in [-0.2, -0.15) is 5.10 Å². The maximum Gasteiger partial charge on any atom is 0.329 e. The first kappa shape index (κ1) is 23.2. The number of amides is 3. The van der Waals surface area contributed by atoms with E-state index in [4.69, 9.17) is 4.74 Å². The summed E-state index contributed by atoms with van der Waals surface area (Å²) in [6.45, 7) is 3.68. The van der Waals surface area contributed by atoms with Gasteiger partial charge >= 0.3 is 11.8 Å². The predicted octanol–water partition coefficient (Wildman–Crippen LogP) is 3.41. The Morgan fingerprint density at radius 1 is 0.788 bits per heavy atom. The minimum Gasteiger partial charge on any atom is -0.483 e. The zero-order valence-corrected chi connectivity index (χ0v) is 18.3. The van der Waals surface area contributed by atoms with Gasteiger partial charge in [0, 0.05) is 16.9 Å². The summed E-state index contributed by atoms with van der Waals surface area (Å²) in [5.41, 5.74) is 6.02. The standard InChI is InChI=1S/C25H24N4O4/c1-17-7-11-20(12-8-17)27-23(30)16-33-22-6-4-3-5-19(22)15-26-29-25(32)24(31)28-21-13-9-18(2)10-14-21/h3-15H,16H2,1-2H3,(H,27,30)(H,28,31)(H,29,32)/b26-15-. The fourth-order valence-corrected chi connectivity index (χ4v) is 2.73. The Bertz CT molecular complexity index is 1160. The second kappa shape index (κ2) is 11.2. The number of carbonyl (C=O) groups excluding carboxylic acids is 3. The number of para-hydroxylation sites is 1. The van der Waals surface area contributed by atoms with Gasteiger partial charge in [-0.3, -0.25) is 14.4 Å². The Morgan fingerprint density at radius 2 is 1.36 bits per heavy atom. The van der Waals surface area contributed by atoms with E-state index in [1.165, 1.54) is 6.21 Å². The van der Waals surface area contributed by atoms with Gasteiger partial charge in [-0.15, -0.1) is 0 Å². The number of hydrogen-bond acceptors (Lipinski definition) is 5. The van der Waals surface area contributed by atoms with Crippen LogP contribution in [-0.2, 0) is 14.4 Å². The van der Waals surface area contributed by atoms with Crippen molar-refractivity contribution in [2.45, 2.75) is 13.8 Å². The van der Waals surface area contributed by atoms with E-state index in [2.05, 4.69) is 21.2 Å². The van der Waals surface area contributed by atoms with E-state index in [0.717, 1.165) is 11.1 Å². The fourth-order valence-electron chi connectivity index (χ4n) is 2.73. The van der Waals surface area contributed by atoms with Crippen LogP contribution in [0.5, 0.6) is 5.75 Å². The summed E-state index contributed by atoms with van der Waals surface area (Å²) < 4.78 is 5.59. The van der Waals surface area contributed by atoms with E-state index in [1.54, 1.807) is 36.4 Å². The Labute approximate surface area is 191 Å². The van der Waals surface area contributed by atoms with Gasteiger partial charge in [0.2, 0.25) is 0 Å². The first-order valence-electron chi connectivity index (χ1n) is 10.2. The van der Waals surface area contributed by atoms with Crippen molar-refractivity contribution < 1.29 is 19.1 Å². The van der Waals surface area contributed by atoms with Gasteiger partial charge in [0.1, 0.15) is 5.75 Å². The van der Waals surface area contributed by atoms with Crippen LogP contribution in [0.1, 0.15) is 16.7 Å². The number of carbonyl (C=O) groups is 3. The van der Waals surface area contributed by atoms with E-state index in [9.17, 15) is 14.4 Å². The number of hydrazone groups is 1. The highest BCUT2D eigenvalue weighted by atomic mass is 16.5. The molecule has 0 aromatic heterocycles. The molecule has 3 N–H and O–H groups in total. The Balaban J connectivity index is 1.52. The van der Waals surface area contributed by atoms with Crippen molar-refractivity contribution >= 4 is 35.3 Å². The second-order valence-electron chi connectivity index (χ2n) is 7.26. The molecule has 3 aromatic carbocycles. The first-order valence-corrected chi connectivity index (χ1v) is 10.2. The highest BCUT2D eigenvalue weighted by Gasteiger charge is 2.13. The number of hydrogen-bond donors (Lipinski definition) is 3. The van der Waals surface area contributed by atoms with Crippen LogP contribution in [0.4, 0.5) is 11.4 Å². The summed E-state index contributed by atoms with van der Waals surface area (Å²) in [5.74, 6) is -1.67. The summed E-state index contributed by atoms with van der Waals surface area (Å²) in [6, 6.07) is 21.4. The van der Waals surface area contributed by atoms with Crippen molar-refractivity contribution in [1.82, 2.24) is 5.43 Å².